The molecule has 1 fully saturated rings. The van der Waals surface area contributed by atoms with Crippen LogP contribution in [-0.4, -0.2) is 37.1 Å². The van der Waals surface area contributed by atoms with Crippen LogP contribution in [0.15, 0.2) is 52.6 Å². The molecule has 1 saturated heterocycles. The second-order valence-corrected chi connectivity index (χ2v) is 8.35. The van der Waals surface area contributed by atoms with Gasteiger partial charge in [-0.1, -0.05) is 29.8 Å². The van der Waals surface area contributed by atoms with Gasteiger partial charge in [0.25, 0.3) is 5.91 Å². The third kappa shape index (κ3) is 4.85. The zero-order valence-electron chi connectivity index (χ0n) is 15.8. The van der Waals surface area contributed by atoms with Crippen LogP contribution >= 0.6 is 22.9 Å². The molecule has 0 atom stereocenters. The molecule has 2 aromatic carbocycles. The van der Waals surface area contributed by atoms with Crippen LogP contribution in [0.4, 0.5) is 0 Å². The Morgan fingerprint density at radius 3 is 2.59 bits per heavy atom. The van der Waals surface area contributed by atoms with Crippen LogP contribution in [-0.2, 0) is 17.8 Å². The lowest BCUT2D eigenvalue weighted by Gasteiger charge is -2.26. The Balaban J connectivity index is 1.52. The Hall–Kier alpha value is -2.25. The average molecular weight is 429 g/mol. The summed E-state index contributed by atoms with van der Waals surface area (Å²) in [6.07, 6.45) is 0. The molecule has 5 nitrogen and oxygen atoms in total. The van der Waals surface area contributed by atoms with Crippen LogP contribution in [0, 0.1) is 0 Å². The summed E-state index contributed by atoms with van der Waals surface area (Å²) in [4.78, 5) is 27.9. The molecule has 1 aromatic heterocycles. The van der Waals surface area contributed by atoms with Gasteiger partial charge in [0.05, 0.1) is 18.8 Å². The highest BCUT2D eigenvalue weighted by Crippen LogP contribution is 2.20. The molecule has 150 valence electrons. The van der Waals surface area contributed by atoms with E-state index >= 15 is 0 Å². The SMILES string of the molecule is O=C(NCc1ccc(Cl)cc1)c1csc2ccc(CN3CCOCC3)cc2c1=O. The van der Waals surface area contributed by atoms with Crippen LogP contribution in [0.25, 0.3) is 10.1 Å². The number of fused-ring (bicyclic) bond motifs is 1. The maximum Gasteiger partial charge on any atom is 0.256 e. The third-order valence-electron chi connectivity index (χ3n) is 4.96. The first-order chi connectivity index (χ1) is 14.1. The molecule has 29 heavy (non-hydrogen) atoms. The quantitative estimate of drug-likeness (QED) is 0.673. The Morgan fingerprint density at radius 2 is 1.83 bits per heavy atom. The number of carbonyl (C=O) groups excluding carboxylic acids is 1. The Kier molecular flexibility index (Phi) is 6.25. The van der Waals surface area contributed by atoms with Gasteiger partial charge >= 0.3 is 0 Å². The van der Waals surface area contributed by atoms with Crippen molar-refractivity contribution in [1.82, 2.24) is 10.2 Å². The zero-order chi connectivity index (χ0) is 20.2. The first-order valence-electron chi connectivity index (χ1n) is 9.47. The molecular weight excluding hydrogens is 408 g/mol. The van der Waals surface area contributed by atoms with E-state index in [4.69, 9.17) is 16.3 Å². The number of amides is 1. The minimum absolute atomic E-state index is 0.181. The van der Waals surface area contributed by atoms with Crippen LogP contribution in [0.1, 0.15) is 21.5 Å². The summed E-state index contributed by atoms with van der Waals surface area (Å²) < 4.78 is 6.27. The van der Waals surface area contributed by atoms with Crippen molar-refractivity contribution >= 4 is 38.9 Å². The lowest BCUT2D eigenvalue weighted by molar-refractivity contribution is 0.0342. The van der Waals surface area contributed by atoms with Crippen LogP contribution in [0.3, 0.4) is 0 Å². The molecule has 0 unspecified atom stereocenters. The highest BCUT2D eigenvalue weighted by Gasteiger charge is 2.15. The summed E-state index contributed by atoms with van der Waals surface area (Å²) in [5.41, 5.74) is 1.95. The number of carbonyl (C=O) groups is 1. The van der Waals surface area contributed by atoms with E-state index in [9.17, 15) is 9.59 Å². The van der Waals surface area contributed by atoms with Crippen molar-refractivity contribution in [2.75, 3.05) is 26.3 Å². The highest BCUT2D eigenvalue weighted by atomic mass is 35.5. The van der Waals surface area contributed by atoms with E-state index in [1.54, 1.807) is 17.5 Å². The number of nitrogens with one attached hydrogen (secondary N) is 1. The molecule has 0 aliphatic carbocycles. The van der Waals surface area contributed by atoms with Gasteiger partial charge < -0.3 is 10.1 Å². The predicted molar refractivity (Wildman–Crippen MR) is 117 cm³/mol. The summed E-state index contributed by atoms with van der Waals surface area (Å²) in [7, 11) is 0. The fourth-order valence-electron chi connectivity index (χ4n) is 3.33. The normalized spacial score (nSPS) is 14.8. The Bertz CT molecular complexity index is 1080. The molecule has 0 bridgehead atoms. The van der Waals surface area contributed by atoms with Crippen molar-refractivity contribution in [2.24, 2.45) is 0 Å². The first-order valence-corrected chi connectivity index (χ1v) is 10.7. The van der Waals surface area contributed by atoms with Crippen molar-refractivity contribution in [3.05, 3.63) is 79.8 Å². The molecule has 2 heterocycles. The minimum atomic E-state index is -0.360. The molecule has 4 rings (SSSR count). The average Bonchev–Trinajstić information content (AvgIpc) is 2.74. The van der Waals surface area contributed by atoms with Crippen molar-refractivity contribution in [2.45, 2.75) is 13.1 Å². The smallest absolute Gasteiger partial charge is 0.256 e. The summed E-state index contributed by atoms with van der Waals surface area (Å²) in [6, 6.07) is 13.2. The van der Waals surface area contributed by atoms with Crippen LogP contribution in [0.2, 0.25) is 5.02 Å². The van der Waals surface area contributed by atoms with E-state index in [-0.39, 0.29) is 16.9 Å². The maximum atomic E-state index is 13.0. The van der Waals surface area contributed by atoms with Crippen molar-refractivity contribution in [1.29, 1.82) is 0 Å². The number of benzene rings is 2. The molecule has 1 amide bonds. The number of halogens is 1. The number of nitrogens with zero attached hydrogens (tertiary/aromatic N) is 1. The van der Waals surface area contributed by atoms with Crippen LogP contribution < -0.4 is 10.7 Å². The zero-order valence-corrected chi connectivity index (χ0v) is 17.4. The van der Waals surface area contributed by atoms with Gasteiger partial charge in [0.1, 0.15) is 0 Å². The van der Waals surface area contributed by atoms with Gasteiger partial charge in [0.15, 0.2) is 0 Å². The highest BCUT2D eigenvalue weighted by molar-refractivity contribution is 7.16. The van der Waals surface area contributed by atoms with E-state index in [2.05, 4.69) is 10.2 Å². The second-order valence-electron chi connectivity index (χ2n) is 7.01. The Labute approximate surface area is 177 Å². The number of hydrogen-bond donors (Lipinski definition) is 1. The van der Waals surface area contributed by atoms with E-state index in [0.29, 0.717) is 17.0 Å². The topological polar surface area (TPSA) is 58.6 Å². The molecule has 1 N–H and O–H groups in total. The monoisotopic (exact) mass is 428 g/mol. The van der Waals surface area contributed by atoms with Gasteiger partial charge in [-0.05, 0) is 35.4 Å². The summed E-state index contributed by atoms with van der Waals surface area (Å²) >= 11 is 7.30. The van der Waals surface area contributed by atoms with E-state index in [1.165, 1.54) is 11.3 Å². The largest absolute Gasteiger partial charge is 0.379 e. The van der Waals surface area contributed by atoms with Gasteiger partial charge in [-0.25, -0.2) is 0 Å². The molecule has 0 radical (unpaired) electrons. The van der Waals surface area contributed by atoms with E-state index < -0.39 is 0 Å². The lowest BCUT2D eigenvalue weighted by atomic mass is 10.1. The van der Waals surface area contributed by atoms with Crippen molar-refractivity contribution < 1.29 is 9.53 Å². The molecule has 0 spiro atoms. The Morgan fingerprint density at radius 1 is 1.10 bits per heavy atom. The number of rotatable bonds is 5. The maximum absolute atomic E-state index is 13.0. The van der Waals surface area contributed by atoms with Crippen LogP contribution in [0.5, 0.6) is 0 Å². The molecule has 3 aromatic rings. The molecule has 7 heteroatoms. The standard InChI is InChI=1S/C22H21ClN2O3S/c23-17-4-1-15(2-5-17)12-24-22(27)19-14-29-20-6-3-16(11-18(20)21(19)26)13-25-7-9-28-10-8-25/h1-6,11,14H,7-10,12-13H2,(H,24,27). The number of hydrogen-bond acceptors (Lipinski definition) is 5. The fourth-order valence-corrected chi connectivity index (χ4v) is 4.34. The second kappa shape index (κ2) is 9.05. The van der Waals surface area contributed by atoms with E-state index in [1.807, 2.05) is 30.3 Å². The van der Waals surface area contributed by atoms with Crippen molar-refractivity contribution in [3.63, 3.8) is 0 Å². The first kappa shape index (κ1) is 20.0. The predicted octanol–water partition coefficient (Wildman–Crippen LogP) is 3.68. The van der Waals surface area contributed by atoms with Gasteiger partial charge in [-0.3, -0.25) is 14.5 Å². The fraction of sp³-hybridized carbons (Fsp3) is 0.273. The molecular formula is C22H21ClN2O3S. The molecule has 1 aliphatic rings. The molecule has 0 saturated carbocycles. The number of morpholine rings is 1. The van der Waals surface area contributed by atoms with Crippen molar-refractivity contribution in [3.8, 4) is 0 Å². The van der Waals surface area contributed by atoms with Gasteiger partial charge in [-0.2, -0.15) is 0 Å². The molecule has 1 aliphatic heterocycles. The minimum Gasteiger partial charge on any atom is -0.379 e. The number of ether oxygens (including phenoxy) is 1. The lowest BCUT2D eigenvalue weighted by Crippen LogP contribution is -2.35. The van der Waals surface area contributed by atoms with E-state index in [0.717, 1.165) is 48.7 Å². The van der Waals surface area contributed by atoms with Gasteiger partial charge in [-0.15, -0.1) is 11.3 Å². The summed E-state index contributed by atoms with van der Waals surface area (Å²) in [5, 5.41) is 5.71. The summed E-state index contributed by atoms with van der Waals surface area (Å²) in [6.45, 7) is 4.36. The van der Waals surface area contributed by atoms with Gasteiger partial charge in [0.2, 0.25) is 5.43 Å². The third-order valence-corrected chi connectivity index (χ3v) is 6.17. The summed E-state index contributed by atoms with van der Waals surface area (Å²) in [5.74, 6) is -0.360. The van der Waals surface area contributed by atoms with Gasteiger partial charge in [0, 0.05) is 46.7 Å².